The number of hydrogen-bond acceptors (Lipinski definition) is 4. The first kappa shape index (κ1) is 23.0. The summed E-state index contributed by atoms with van der Waals surface area (Å²) in [6.07, 6.45) is 0.693. The molecule has 2 amide bonds. The lowest BCUT2D eigenvalue weighted by Crippen LogP contribution is -2.49. The van der Waals surface area contributed by atoms with E-state index in [4.69, 9.17) is 9.47 Å². The normalized spacial score (nSPS) is 18.3. The Morgan fingerprint density at radius 2 is 1.66 bits per heavy atom. The minimum atomic E-state index is -0.560. The van der Waals surface area contributed by atoms with E-state index in [0.717, 1.165) is 27.9 Å². The fourth-order valence-electron chi connectivity index (χ4n) is 5.28. The molecule has 3 aromatic carbocycles. The van der Waals surface area contributed by atoms with Crippen LogP contribution in [0.3, 0.4) is 0 Å². The molecular formula is C29H30N2O4. The smallest absolute Gasteiger partial charge is 0.254 e. The molecule has 2 aliphatic heterocycles. The van der Waals surface area contributed by atoms with Gasteiger partial charge in [-0.25, -0.2) is 0 Å². The van der Waals surface area contributed by atoms with Crippen molar-refractivity contribution in [2.75, 3.05) is 25.1 Å². The summed E-state index contributed by atoms with van der Waals surface area (Å²) in [6, 6.07) is 18.8. The molecule has 6 nitrogen and oxygen atoms in total. The lowest BCUT2D eigenvalue weighted by Gasteiger charge is -2.45. The lowest BCUT2D eigenvalue weighted by molar-refractivity contribution is -0.119. The topological polar surface area (TPSA) is 67.9 Å². The van der Waals surface area contributed by atoms with Crippen LogP contribution in [-0.4, -0.2) is 36.5 Å². The van der Waals surface area contributed by atoms with Crippen molar-refractivity contribution in [2.24, 2.45) is 0 Å². The number of benzene rings is 3. The van der Waals surface area contributed by atoms with Crippen molar-refractivity contribution in [3.63, 3.8) is 0 Å². The standard InChI is InChI=1S/C29H30N2O4/c1-4-34-24-16-19-14-15-31-27(22(19)17-25(24)35-5-2)26(20-11-7-8-12-21(20)29(31)33)28(32)30-23-13-9-6-10-18(23)3/h6-13,16-17,26-27H,4-5,14-15H2,1-3H3,(H,30,32)/t26-,27+/m1/s1. The Morgan fingerprint density at radius 3 is 2.40 bits per heavy atom. The SMILES string of the molecule is CCOc1cc2c(cc1OCC)[C@H]1[C@H](C(=O)Nc3ccccc3C)c3ccccc3C(=O)N1CC2. The largest absolute Gasteiger partial charge is 0.490 e. The van der Waals surface area contributed by atoms with E-state index in [1.54, 1.807) is 0 Å². The molecule has 2 aliphatic rings. The first-order valence-electron chi connectivity index (χ1n) is 12.2. The third-order valence-electron chi connectivity index (χ3n) is 6.87. The van der Waals surface area contributed by atoms with E-state index in [0.29, 0.717) is 43.2 Å². The summed E-state index contributed by atoms with van der Waals surface area (Å²) in [5.74, 6) is 0.608. The van der Waals surface area contributed by atoms with Gasteiger partial charge in [-0.3, -0.25) is 9.59 Å². The van der Waals surface area contributed by atoms with E-state index < -0.39 is 12.0 Å². The highest BCUT2D eigenvalue weighted by Crippen LogP contribution is 2.48. The average molecular weight is 471 g/mol. The molecule has 0 bridgehead atoms. The van der Waals surface area contributed by atoms with Gasteiger partial charge >= 0.3 is 0 Å². The molecule has 3 aromatic rings. The summed E-state index contributed by atoms with van der Waals surface area (Å²) in [7, 11) is 0. The van der Waals surface area contributed by atoms with Gasteiger partial charge in [0.05, 0.1) is 25.2 Å². The van der Waals surface area contributed by atoms with Gasteiger partial charge in [-0.05, 0) is 73.7 Å². The summed E-state index contributed by atoms with van der Waals surface area (Å²) in [5.41, 5.74) is 5.13. The second-order valence-electron chi connectivity index (χ2n) is 8.93. The number of anilines is 1. The highest BCUT2D eigenvalue weighted by atomic mass is 16.5. The Hall–Kier alpha value is -3.80. The molecule has 0 radical (unpaired) electrons. The van der Waals surface area contributed by atoms with Gasteiger partial charge in [-0.15, -0.1) is 0 Å². The van der Waals surface area contributed by atoms with Crippen molar-refractivity contribution in [3.05, 3.63) is 88.5 Å². The van der Waals surface area contributed by atoms with Crippen molar-refractivity contribution >= 4 is 17.5 Å². The van der Waals surface area contributed by atoms with E-state index in [1.165, 1.54) is 0 Å². The number of carbonyl (C=O) groups is 2. The molecule has 2 heterocycles. The van der Waals surface area contributed by atoms with Crippen LogP contribution in [0.5, 0.6) is 11.5 Å². The zero-order valence-electron chi connectivity index (χ0n) is 20.3. The molecule has 0 unspecified atom stereocenters. The van der Waals surface area contributed by atoms with Crippen molar-refractivity contribution in [1.29, 1.82) is 0 Å². The Labute approximate surface area is 205 Å². The first-order chi connectivity index (χ1) is 17.0. The summed E-state index contributed by atoms with van der Waals surface area (Å²) >= 11 is 0. The summed E-state index contributed by atoms with van der Waals surface area (Å²) in [4.78, 5) is 29.3. The molecule has 5 rings (SSSR count). The van der Waals surface area contributed by atoms with Gasteiger partial charge in [0.15, 0.2) is 11.5 Å². The van der Waals surface area contributed by atoms with Crippen molar-refractivity contribution in [2.45, 2.75) is 39.2 Å². The van der Waals surface area contributed by atoms with Gasteiger partial charge in [0, 0.05) is 17.8 Å². The third kappa shape index (κ3) is 4.03. The van der Waals surface area contributed by atoms with Gasteiger partial charge in [0.1, 0.15) is 0 Å². The minimum Gasteiger partial charge on any atom is -0.490 e. The number of ether oxygens (including phenoxy) is 2. The maximum absolute atomic E-state index is 13.9. The fourth-order valence-corrected chi connectivity index (χ4v) is 5.28. The van der Waals surface area contributed by atoms with Crippen LogP contribution in [0.4, 0.5) is 5.69 Å². The Balaban J connectivity index is 1.65. The van der Waals surface area contributed by atoms with E-state index in [1.807, 2.05) is 86.3 Å². The summed E-state index contributed by atoms with van der Waals surface area (Å²) < 4.78 is 11.8. The van der Waals surface area contributed by atoms with Crippen molar-refractivity contribution < 1.29 is 19.1 Å². The second-order valence-corrected chi connectivity index (χ2v) is 8.93. The van der Waals surface area contributed by atoms with Gasteiger partial charge in [-0.1, -0.05) is 36.4 Å². The van der Waals surface area contributed by atoms with E-state index in [2.05, 4.69) is 5.32 Å². The maximum atomic E-state index is 13.9. The molecule has 0 saturated heterocycles. The number of hydrogen-bond donors (Lipinski definition) is 1. The van der Waals surface area contributed by atoms with E-state index >= 15 is 0 Å². The highest BCUT2D eigenvalue weighted by molar-refractivity contribution is 6.04. The summed E-state index contributed by atoms with van der Waals surface area (Å²) in [6.45, 7) is 7.41. The minimum absolute atomic E-state index is 0.0389. The van der Waals surface area contributed by atoms with E-state index in [9.17, 15) is 9.59 Å². The Bertz CT molecular complexity index is 1290. The predicted octanol–water partition coefficient (Wildman–Crippen LogP) is 5.27. The number of rotatable bonds is 6. The van der Waals surface area contributed by atoms with Gasteiger partial charge in [0.25, 0.3) is 5.91 Å². The number of aryl methyl sites for hydroxylation is 1. The number of nitrogens with zero attached hydrogens (tertiary/aromatic N) is 1. The number of fused-ring (bicyclic) bond motifs is 4. The van der Waals surface area contributed by atoms with E-state index in [-0.39, 0.29) is 11.8 Å². The quantitative estimate of drug-likeness (QED) is 0.533. The van der Waals surface area contributed by atoms with Gasteiger partial charge < -0.3 is 19.7 Å². The zero-order chi connectivity index (χ0) is 24.5. The van der Waals surface area contributed by atoms with Crippen molar-refractivity contribution in [3.8, 4) is 11.5 Å². The van der Waals surface area contributed by atoms with Crippen LogP contribution in [0.15, 0.2) is 60.7 Å². The van der Waals surface area contributed by atoms with Crippen LogP contribution < -0.4 is 14.8 Å². The lowest BCUT2D eigenvalue weighted by atomic mass is 9.75. The van der Waals surface area contributed by atoms with Crippen LogP contribution in [0.25, 0.3) is 0 Å². The molecule has 0 aromatic heterocycles. The molecular weight excluding hydrogens is 440 g/mol. The van der Waals surface area contributed by atoms with Gasteiger partial charge in [-0.2, -0.15) is 0 Å². The highest BCUT2D eigenvalue weighted by Gasteiger charge is 2.46. The average Bonchev–Trinajstić information content (AvgIpc) is 2.86. The Kier molecular flexibility index (Phi) is 6.20. The molecule has 0 fully saturated rings. The molecule has 6 heteroatoms. The third-order valence-corrected chi connectivity index (χ3v) is 6.87. The molecule has 1 N–H and O–H groups in total. The van der Waals surface area contributed by atoms with Crippen LogP contribution >= 0.6 is 0 Å². The number of amides is 2. The molecule has 0 saturated carbocycles. The maximum Gasteiger partial charge on any atom is 0.254 e. The number of para-hydroxylation sites is 1. The second kappa shape index (κ2) is 9.45. The fraction of sp³-hybridized carbons (Fsp3) is 0.310. The zero-order valence-corrected chi connectivity index (χ0v) is 20.3. The summed E-state index contributed by atoms with van der Waals surface area (Å²) in [5, 5.41) is 3.14. The molecule has 0 spiro atoms. The molecule has 0 aliphatic carbocycles. The predicted molar refractivity (Wildman–Crippen MR) is 135 cm³/mol. The first-order valence-corrected chi connectivity index (χ1v) is 12.2. The van der Waals surface area contributed by atoms with Crippen LogP contribution in [0.2, 0.25) is 0 Å². The molecule has 2 atom stereocenters. The van der Waals surface area contributed by atoms with Crippen LogP contribution in [-0.2, 0) is 11.2 Å². The Morgan fingerprint density at radius 1 is 0.971 bits per heavy atom. The van der Waals surface area contributed by atoms with Crippen molar-refractivity contribution in [1.82, 2.24) is 4.90 Å². The number of nitrogens with one attached hydrogen (secondary N) is 1. The van der Waals surface area contributed by atoms with Crippen LogP contribution in [0.1, 0.15) is 58.4 Å². The molecule has 35 heavy (non-hydrogen) atoms. The van der Waals surface area contributed by atoms with Crippen LogP contribution in [0, 0.1) is 6.92 Å². The molecule has 180 valence electrons. The monoisotopic (exact) mass is 470 g/mol. The number of carbonyl (C=O) groups excluding carboxylic acids is 2. The van der Waals surface area contributed by atoms with Gasteiger partial charge in [0.2, 0.25) is 5.91 Å².